The molecular weight excluding hydrogens is 685 g/mol. The van der Waals surface area contributed by atoms with E-state index in [0.717, 1.165) is 47.1 Å². The predicted molar refractivity (Wildman–Crippen MR) is 216 cm³/mol. The molecular formula is C49H56O6. The molecule has 1 saturated carbocycles. The third-order valence-electron chi connectivity index (χ3n) is 11.1. The van der Waals surface area contributed by atoms with Crippen LogP contribution < -0.4 is 0 Å². The molecule has 7 rings (SSSR count). The summed E-state index contributed by atoms with van der Waals surface area (Å²) in [6.07, 6.45) is 3.95. The number of ether oxygens (including phenoxy) is 6. The van der Waals surface area contributed by atoms with Crippen molar-refractivity contribution < 1.29 is 28.4 Å². The van der Waals surface area contributed by atoms with Gasteiger partial charge in [0.1, 0.15) is 18.3 Å². The highest BCUT2D eigenvalue weighted by atomic mass is 16.6. The Morgan fingerprint density at radius 3 is 1.42 bits per heavy atom. The molecule has 288 valence electrons. The molecule has 55 heavy (non-hydrogen) atoms. The monoisotopic (exact) mass is 740 g/mol. The molecule has 0 unspecified atom stereocenters. The van der Waals surface area contributed by atoms with Gasteiger partial charge in [-0.05, 0) is 58.9 Å². The highest BCUT2D eigenvalue weighted by molar-refractivity contribution is 5.17. The fraction of sp³-hybridized carbons (Fsp3) is 0.388. The summed E-state index contributed by atoms with van der Waals surface area (Å²) in [5, 5.41) is 0. The topological polar surface area (TPSA) is 55.4 Å². The van der Waals surface area contributed by atoms with Crippen molar-refractivity contribution in [1.29, 1.82) is 0 Å². The van der Waals surface area contributed by atoms with Gasteiger partial charge >= 0.3 is 0 Å². The van der Waals surface area contributed by atoms with Crippen molar-refractivity contribution in [3.8, 4) is 0 Å². The van der Waals surface area contributed by atoms with E-state index in [-0.39, 0.29) is 18.1 Å². The van der Waals surface area contributed by atoms with Crippen molar-refractivity contribution in [3.05, 3.63) is 179 Å². The molecule has 0 aromatic heterocycles. The van der Waals surface area contributed by atoms with E-state index in [4.69, 9.17) is 28.4 Å². The Morgan fingerprint density at radius 1 is 0.455 bits per heavy atom. The van der Waals surface area contributed by atoms with Crippen LogP contribution in [0.15, 0.2) is 152 Å². The van der Waals surface area contributed by atoms with E-state index in [2.05, 4.69) is 103 Å². The number of benzene rings is 5. The van der Waals surface area contributed by atoms with E-state index in [1.165, 1.54) is 12.8 Å². The average Bonchev–Trinajstić information content (AvgIpc) is 3.26. The first-order valence-corrected chi connectivity index (χ1v) is 20.2. The van der Waals surface area contributed by atoms with E-state index >= 15 is 0 Å². The van der Waals surface area contributed by atoms with Gasteiger partial charge in [0.15, 0.2) is 0 Å². The molecule has 2 aliphatic rings. The minimum Gasteiger partial charge on any atom is -0.378 e. The first-order chi connectivity index (χ1) is 27.3. The van der Waals surface area contributed by atoms with Gasteiger partial charge < -0.3 is 28.4 Å². The minimum absolute atomic E-state index is 0.214. The largest absolute Gasteiger partial charge is 0.378 e. The van der Waals surface area contributed by atoms with Crippen LogP contribution in [0.1, 0.15) is 59.9 Å². The van der Waals surface area contributed by atoms with E-state index in [9.17, 15) is 0 Å². The zero-order chi connectivity index (χ0) is 37.3. The number of rotatable bonds is 20. The summed E-state index contributed by atoms with van der Waals surface area (Å²) in [6, 6.07) is 51.9. The van der Waals surface area contributed by atoms with E-state index in [0.29, 0.717) is 52.2 Å². The number of hydrogen-bond acceptors (Lipinski definition) is 6. The molecule has 1 aliphatic heterocycles. The molecule has 7 atom stereocenters. The second kappa shape index (κ2) is 21.2. The van der Waals surface area contributed by atoms with Gasteiger partial charge in [0.2, 0.25) is 0 Å². The van der Waals surface area contributed by atoms with Crippen molar-refractivity contribution in [3.63, 3.8) is 0 Å². The average molecular weight is 741 g/mol. The summed E-state index contributed by atoms with van der Waals surface area (Å²) in [5.41, 5.74) is 5.51. The third kappa shape index (κ3) is 11.7. The molecule has 0 bridgehead atoms. The Kier molecular flexibility index (Phi) is 15.1. The van der Waals surface area contributed by atoms with Crippen LogP contribution in [0.2, 0.25) is 0 Å². The smallest absolute Gasteiger partial charge is 0.115 e. The van der Waals surface area contributed by atoms with Crippen LogP contribution in [0, 0.1) is 11.8 Å². The summed E-state index contributed by atoms with van der Waals surface area (Å²) in [5.74, 6) is 0.588. The lowest BCUT2D eigenvalue weighted by Crippen LogP contribution is -2.56. The molecule has 6 nitrogen and oxygen atoms in total. The maximum absolute atomic E-state index is 7.23. The van der Waals surface area contributed by atoms with Crippen molar-refractivity contribution in [2.24, 2.45) is 11.8 Å². The molecule has 1 heterocycles. The Labute approximate surface area is 327 Å². The molecule has 5 aromatic carbocycles. The van der Waals surface area contributed by atoms with Crippen LogP contribution in [0.4, 0.5) is 0 Å². The molecule has 0 N–H and O–H groups in total. The summed E-state index contributed by atoms with van der Waals surface area (Å²) in [7, 11) is 0. The highest BCUT2D eigenvalue weighted by Gasteiger charge is 2.47. The van der Waals surface area contributed by atoms with Gasteiger partial charge in [-0.3, -0.25) is 0 Å². The lowest BCUT2D eigenvalue weighted by molar-refractivity contribution is -0.223. The maximum Gasteiger partial charge on any atom is 0.115 e. The minimum atomic E-state index is -0.533. The van der Waals surface area contributed by atoms with Crippen LogP contribution in [0.3, 0.4) is 0 Å². The van der Waals surface area contributed by atoms with Crippen molar-refractivity contribution >= 4 is 0 Å². The van der Waals surface area contributed by atoms with Gasteiger partial charge in [0.25, 0.3) is 0 Å². The van der Waals surface area contributed by atoms with Crippen molar-refractivity contribution in [2.75, 3.05) is 13.2 Å². The van der Waals surface area contributed by atoms with Crippen LogP contribution >= 0.6 is 0 Å². The van der Waals surface area contributed by atoms with Crippen molar-refractivity contribution in [2.45, 2.75) is 95.7 Å². The standard InChI is InChI=1S/C49H56O6/c1-6-18-38(19-7-1)32-50-37-46(52-33-39-20-8-2-9-21-39)48(54-35-41-24-12-4-13-25-41)49(55-36-42-26-14-5-15-27-42)47(53-34-40-22-10-3-11-23-40)44-30-31-51-45-29-17-16-28-43(44)45/h1-15,18-27,43-49H,16-17,28-37H2/t43-,44+,45+,46-,47+,48-,49-/m1/s1. The van der Waals surface area contributed by atoms with Crippen molar-refractivity contribution in [1.82, 2.24) is 0 Å². The summed E-state index contributed by atoms with van der Waals surface area (Å²) in [6.45, 7) is 3.18. The Bertz CT molecular complexity index is 1750. The maximum atomic E-state index is 7.23. The molecule has 5 aromatic rings. The molecule has 6 heteroatoms. The highest BCUT2D eigenvalue weighted by Crippen LogP contribution is 2.42. The van der Waals surface area contributed by atoms with Gasteiger partial charge in [-0.2, -0.15) is 0 Å². The molecule has 0 amide bonds. The van der Waals surface area contributed by atoms with Crippen LogP contribution in [-0.2, 0) is 61.5 Å². The molecule has 1 saturated heterocycles. The fourth-order valence-electron chi connectivity index (χ4n) is 8.23. The number of hydrogen-bond donors (Lipinski definition) is 0. The van der Waals surface area contributed by atoms with Crippen LogP contribution in [0.5, 0.6) is 0 Å². The second-order valence-corrected chi connectivity index (χ2v) is 14.9. The van der Waals surface area contributed by atoms with Gasteiger partial charge in [0, 0.05) is 6.61 Å². The van der Waals surface area contributed by atoms with Gasteiger partial charge in [-0.25, -0.2) is 0 Å². The second-order valence-electron chi connectivity index (χ2n) is 14.9. The van der Waals surface area contributed by atoms with E-state index in [1.807, 2.05) is 48.5 Å². The fourth-order valence-corrected chi connectivity index (χ4v) is 8.23. The first-order valence-electron chi connectivity index (χ1n) is 20.2. The van der Waals surface area contributed by atoms with E-state index < -0.39 is 18.3 Å². The molecule has 1 aliphatic carbocycles. The van der Waals surface area contributed by atoms with Crippen LogP contribution in [0.25, 0.3) is 0 Å². The normalized spacial score (nSPS) is 20.5. The lowest BCUT2D eigenvalue weighted by atomic mass is 9.71. The quantitative estimate of drug-likeness (QED) is 0.0792. The zero-order valence-electron chi connectivity index (χ0n) is 31.9. The van der Waals surface area contributed by atoms with E-state index in [1.54, 1.807) is 0 Å². The SMILES string of the molecule is c1ccc(COC[C@@H](OCc2ccccc2)[C@@H](OCc2ccccc2)[C@H](OCc2ccccc2)[C@@H](OCc2ccccc2)[C@H]2CCO[C@H]3CCCC[C@H]23)cc1. The summed E-state index contributed by atoms with van der Waals surface area (Å²) >= 11 is 0. The lowest BCUT2D eigenvalue weighted by Gasteiger charge is -2.47. The Balaban J connectivity index is 1.27. The molecule has 0 radical (unpaired) electrons. The Hall–Kier alpha value is -4.14. The van der Waals surface area contributed by atoms with Gasteiger partial charge in [0.05, 0.1) is 51.8 Å². The predicted octanol–water partition coefficient (Wildman–Crippen LogP) is 10.1. The molecule has 0 spiro atoms. The molecule has 2 fully saturated rings. The number of fused-ring (bicyclic) bond motifs is 1. The van der Waals surface area contributed by atoms with Gasteiger partial charge in [-0.15, -0.1) is 0 Å². The zero-order valence-corrected chi connectivity index (χ0v) is 31.9. The summed E-state index contributed by atoms with van der Waals surface area (Å²) in [4.78, 5) is 0. The first kappa shape index (κ1) is 39.1. The van der Waals surface area contributed by atoms with Gasteiger partial charge in [-0.1, -0.05) is 165 Å². The van der Waals surface area contributed by atoms with Crippen LogP contribution in [-0.4, -0.2) is 43.7 Å². The third-order valence-corrected chi connectivity index (χ3v) is 11.1. The Morgan fingerprint density at radius 2 is 0.891 bits per heavy atom. The summed E-state index contributed by atoms with van der Waals surface area (Å²) < 4.78 is 41.6.